The summed E-state index contributed by atoms with van der Waals surface area (Å²) >= 11 is 0. The van der Waals surface area contributed by atoms with Crippen molar-refractivity contribution in [3.8, 4) is 34.4 Å². The van der Waals surface area contributed by atoms with E-state index >= 15 is 0 Å². The van der Waals surface area contributed by atoms with Gasteiger partial charge in [0.2, 0.25) is 5.95 Å². The van der Waals surface area contributed by atoms with E-state index in [1.807, 2.05) is 24.7 Å². The van der Waals surface area contributed by atoms with Crippen LogP contribution < -0.4 is 4.74 Å². The third-order valence-corrected chi connectivity index (χ3v) is 9.88. The first-order valence-corrected chi connectivity index (χ1v) is 16.8. The molecule has 10 rings (SSSR count). The van der Waals surface area contributed by atoms with Gasteiger partial charge < -0.3 is 4.74 Å². The number of hydrogen-bond donors (Lipinski definition) is 0. The molecule has 0 bridgehead atoms. The van der Waals surface area contributed by atoms with Crippen LogP contribution in [0.1, 0.15) is 11.1 Å². The maximum atomic E-state index is 6.69. The van der Waals surface area contributed by atoms with Crippen molar-refractivity contribution < 1.29 is 4.74 Å². The summed E-state index contributed by atoms with van der Waals surface area (Å²) in [5.74, 6) is 2.33. The predicted octanol–water partition coefficient (Wildman–Crippen LogP) is 11.0. The summed E-state index contributed by atoms with van der Waals surface area (Å²) in [5.41, 5.74) is 9.85. The lowest BCUT2D eigenvalue weighted by Gasteiger charge is -2.16. The number of fused-ring (bicyclic) bond motifs is 9. The van der Waals surface area contributed by atoms with Crippen molar-refractivity contribution >= 4 is 49.1 Å². The van der Waals surface area contributed by atoms with Crippen molar-refractivity contribution in [3.05, 3.63) is 163 Å². The Morgan fingerprint density at radius 3 is 2.00 bits per heavy atom. The zero-order chi connectivity index (χ0) is 33.3. The Kier molecular flexibility index (Phi) is 6.20. The standard InChI is InChI=1S/C44H31N5O/c1-28-11-10-12-29(2)42(28)47-24-23-45-44(47)49-39-18-9-7-16-35(39)36-22-20-32(26-40(36)49)50-31-19-21-33-34-15-6-8-17-38(34)48-41(30-13-4-3-5-14-30)27-46-43(48)37(33)25-31/h3-27H,1-2H3. The topological polar surface area (TPSA) is 49.3 Å². The second-order valence-electron chi connectivity index (χ2n) is 12.9. The largest absolute Gasteiger partial charge is 0.457 e. The van der Waals surface area contributed by atoms with E-state index < -0.39 is 0 Å². The summed E-state index contributed by atoms with van der Waals surface area (Å²) in [6, 6.07) is 46.5. The zero-order valence-electron chi connectivity index (χ0n) is 27.6. The van der Waals surface area contributed by atoms with Crippen LogP contribution in [0.2, 0.25) is 0 Å². The van der Waals surface area contributed by atoms with Gasteiger partial charge in [0.05, 0.1) is 34.1 Å². The van der Waals surface area contributed by atoms with Crippen LogP contribution in [0, 0.1) is 13.8 Å². The second kappa shape index (κ2) is 10.9. The molecule has 4 aromatic heterocycles. The minimum Gasteiger partial charge on any atom is -0.457 e. The molecule has 0 aliphatic rings. The number of hydrogen-bond acceptors (Lipinski definition) is 3. The molecule has 0 N–H and O–H groups in total. The number of nitrogens with zero attached hydrogens (tertiary/aromatic N) is 5. The number of imidazole rings is 2. The van der Waals surface area contributed by atoms with Crippen LogP contribution in [0.25, 0.3) is 72.0 Å². The number of aromatic nitrogens is 5. The average molecular weight is 646 g/mol. The van der Waals surface area contributed by atoms with E-state index in [1.165, 1.54) is 21.9 Å². The summed E-state index contributed by atoms with van der Waals surface area (Å²) in [5, 5.41) is 5.65. The highest BCUT2D eigenvalue weighted by Crippen LogP contribution is 2.38. The monoisotopic (exact) mass is 645 g/mol. The van der Waals surface area contributed by atoms with Crippen LogP contribution in [0.15, 0.2) is 152 Å². The minimum absolute atomic E-state index is 0.746. The highest BCUT2D eigenvalue weighted by Gasteiger charge is 2.19. The van der Waals surface area contributed by atoms with Gasteiger partial charge in [0.15, 0.2) is 0 Å². The second-order valence-corrected chi connectivity index (χ2v) is 12.9. The molecule has 0 saturated heterocycles. The Labute approximate surface area is 288 Å². The molecule has 4 heterocycles. The molecule has 0 amide bonds. The van der Waals surface area contributed by atoms with Crippen LogP contribution in [0.3, 0.4) is 0 Å². The first-order valence-electron chi connectivity index (χ1n) is 16.8. The summed E-state index contributed by atoms with van der Waals surface area (Å²) in [6.45, 7) is 4.30. The Hall–Kier alpha value is -6.66. The number of benzene rings is 6. The maximum absolute atomic E-state index is 6.69. The summed E-state index contributed by atoms with van der Waals surface area (Å²) in [4.78, 5) is 9.89. The average Bonchev–Trinajstić information content (AvgIpc) is 3.88. The lowest BCUT2D eigenvalue weighted by Crippen LogP contribution is -2.07. The summed E-state index contributed by atoms with van der Waals surface area (Å²) < 4.78 is 13.4. The third-order valence-electron chi connectivity index (χ3n) is 9.88. The molecule has 0 aliphatic carbocycles. The Morgan fingerprint density at radius 2 is 1.20 bits per heavy atom. The SMILES string of the molecule is Cc1cccc(C)c1-n1ccnc1-n1c2ccccc2c2ccc(Oc3ccc4c5ccccc5n5c(-c6ccccc6)cnc5c4c3)cc21. The van der Waals surface area contributed by atoms with E-state index in [0.717, 1.165) is 72.7 Å². The van der Waals surface area contributed by atoms with Gasteiger partial charge in [-0.2, -0.15) is 0 Å². The van der Waals surface area contributed by atoms with Crippen molar-refractivity contribution in [1.29, 1.82) is 0 Å². The van der Waals surface area contributed by atoms with Crippen molar-refractivity contribution in [2.45, 2.75) is 13.8 Å². The van der Waals surface area contributed by atoms with E-state index in [1.54, 1.807) is 0 Å². The molecule has 0 unspecified atom stereocenters. The first kappa shape index (κ1) is 28.4. The molecule has 0 radical (unpaired) electrons. The predicted molar refractivity (Wildman–Crippen MR) is 203 cm³/mol. The number of pyridine rings is 1. The first-order chi connectivity index (χ1) is 24.6. The van der Waals surface area contributed by atoms with Gasteiger partial charge in [-0.25, -0.2) is 9.97 Å². The van der Waals surface area contributed by atoms with Crippen LogP contribution in [-0.4, -0.2) is 23.5 Å². The quantitative estimate of drug-likeness (QED) is 0.175. The molecule has 0 fully saturated rings. The molecule has 238 valence electrons. The maximum Gasteiger partial charge on any atom is 0.219 e. The molecule has 0 aliphatic heterocycles. The molecule has 50 heavy (non-hydrogen) atoms. The van der Waals surface area contributed by atoms with E-state index in [-0.39, 0.29) is 0 Å². The fourth-order valence-corrected chi connectivity index (χ4v) is 7.69. The fourth-order valence-electron chi connectivity index (χ4n) is 7.69. The number of para-hydroxylation sites is 3. The van der Waals surface area contributed by atoms with Gasteiger partial charge >= 0.3 is 0 Å². The van der Waals surface area contributed by atoms with Crippen molar-refractivity contribution in [1.82, 2.24) is 23.5 Å². The molecule has 0 atom stereocenters. The van der Waals surface area contributed by atoms with Gasteiger partial charge in [0, 0.05) is 45.6 Å². The normalized spacial score (nSPS) is 11.8. The Bertz CT molecular complexity index is 2910. The van der Waals surface area contributed by atoms with Crippen molar-refractivity contribution in [3.63, 3.8) is 0 Å². The lowest BCUT2D eigenvalue weighted by molar-refractivity contribution is 0.484. The van der Waals surface area contributed by atoms with Crippen molar-refractivity contribution in [2.24, 2.45) is 0 Å². The number of rotatable bonds is 5. The van der Waals surface area contributed by atoms with Crippen LogP contribution in [0.5, 0.6) is 11.5 Å². The van der Waals surface area contributed by atoms with Crippen LogP contribution in [0.4, 0.5) is 0 Å². The molecular formula is C44H31N5O. The molecule has 6 nitrogen and oxygen atoms in total. The lowest BCUT2D eigenvalue weighted by atomic mass is 10.0. The van der Waals surface area contributed by atoms with Gasteiger partial charge in [-0.15, -0.1) is 0 Å². The van der Waals surface area contributed by atoms with Gasteiger partial charge in [-0.05, 0) is 72.8 Å². The van der Waals surface area contributed by atoms with E-state index in [4.69, 9.17) is 14.7 Å². The van der Waals surface area contributed by atoms with Gasteiger partial charge in [-0.1, -0.05) is 84.9 Å². The Morgan fingerprint density at radius 1 is 0.540 bits per heavy atom. The van der Waals surface area contributed by atoms with E-state index in [9.17, 15) is 0 Å². The highest BCUT2D eigenvalue weighted by atomic mass is 16.5. The molecule has 0 spiro atoms. The zero-order valence-corrected chi connectivity index (χ0v) is 27.6. The summed E-state index contributed by atoms with van der Waals surface area (Å²) in [7, 11) is 0. The Balaban J connectivity index is 1.14. The molecule has 6 aromatic carbocycles. The number of aryl methyl sites for hydroxylation is 2. The molecular weight excluding hydrogens is 615 g/mol. The van der Waals surface area contributed by atoms with Crippen LogP contribution in [-0.2, 0) is 0 Å². The van der Waals surface area contributed by atoms with Crippen LogP contribution >= 0.6 is 0 Å². The van der Waals surface area contributed by atoms with Gasteiger partial charge in [0.25, 0.3) is 0 Å². The molecule has 10 aromatic rings. The summed E-state index contributed by atoms with van der Waals surface area (Å²) in [6.07, 6.45) is 5.89. The minimum atomic E-state index is 0.746. The molecule has 6 heteroatoms. The fraction of sp³-hybridized carbons (Fsp3) is 0.0455. The van der Waals surface area contributed by atoms with E-state index in [0.29, 0.717) is 0 Å². The smallest absolute Gasteiger partial charge is 0.219 e. The molecule has 0 saturated carbocycles. The highest BCUT2D eigenvalue weighted by molar-refractivity contribution is 6.13. The van der Waals surface area contributed by atoms with Crippen molar-refractivity contribution in [2.75, 3.05) is 0 Å². The van der Waals surface area contributed by atoms with Gasteiger partial charge in [-0.3, -0.25) is 13.5 Å². The van der Waals surface area contributed by atoms with Gasteiger partial charge in [0.1, 0.15) is 17.1 Å². The third kappa shape index (κ3) is 4.21. The number of ether oxygens (including phenoxy) is 1. The van der Waals surface area contributed by atoms with E-state index in [2.05, 4.69) is 155 Å².